The Hall–Kier alpha value is -2.00. The molecule has 256 valence electrons. The third-order valence-electron chi connectivity index (χ3n) is 8.06. The summed E-state index contributed by atoms with van der Waals surface area (Å²) in [5, 5.41) is 0. The van der Waals surface area contributed by atoms with Crippen molar-refractivity contribution in [1.82, 2.24) is 0 Å². The number of hydrogen-bond acceptors (Lipinski definition) is 5. The molecule has 5 nitrogen and oxygen atoms in total. The Morgan fingerprint density at radius 3 is 1.17 bits per heavy atom. The van der Waals surface area contributed by atoms with Gasteiger partial charge in [0.2, 0.25) is 0 Å². The van der Waals surface area contributed by atoms with Gasteiger partial charge in [-0.2, -0.15) is 0 Å². The van der Waals surface area contributed by atoms with Gasteiger partial charge in [-0.25, -0.2) is 0 Å². The van der Waals surface area contributed by atoms with Crippen molar-refractivity contribution in [3.05, 3.63) is 81.7 Å². The topological polar surface area (TPSA) is 51.0 Å². The first-order valence-corrected chi connectivity index (χ1v) is 18.8. The molecule has 3 fully saturated rings. The molecule has 0 aromatic heterocycles. The Morgan fingerprint density at radius 2 is 0.848 bits per heavy atom. The number of halogens is 2. The van der Waals surface area contributed by atoms with Gasteiger partial charge in [-0.3, -0.25) is 0 Å². The van der Waals surface area contributed by atoms with E-state index in [0.29, 0.717) is 0 Å². The summed E-state index contributed by atoms with van der Waals surface area (Å²) in [6, 6.07) is 24.7. The van der Waals surface area contributed by atoms with Crippen LogP contribution in [0, 0.1) is 0 Å². The van der Waals surface area contributed by atoms with Gasteiger partial charge in [-0.05, 0) is 120 Å². The summed E-state index contributed by atoms with van der Waals surface area (Å²) in [7, 11) is -0.257. The number of nitrogens with two attached hydrogens (primary N) is 1. The van der Waals surface area contributed by atoms with Gasteiger partial charge in [0.05, 0.1) is 11.2 Å². The lowest BCUT2D eigenvalue weighted by atomic mass is 9.79. The molecule has 0 aliphatic carbocycles. The molecule has 3 heterocycles. The lowest BCUT2D eigenvalue weighted by Crippen LogP contribution is -2.41. The summed E-state index contributed by atoms with van der Waals surface area (Å²) < 4.78 is 14.4. The fraction of sp³-hybridized carbons (Fsp3) is 0.526. The van der Waals surface area contributed by atoms with Crippen molar-refractivity contribution < 1.29 is 9.31 Å². The fourth-order valence-corrected chi connectivity index (χ4v) is 5.42. The smallest absolute Gasteiger partial charge is 0.399 e. The van der Waals surface area contributed by atoms with E-state index in [2.05, 4.69) is 118 Å². The normalized spacial score (nSPS) is 17.0. The first-order valence-electron chi connectivity index (χ1n) is 17.3. The summed E-state index contributed by atoms with van der Waals surface area (Å²) in [5.41, 5.74) is 9.43. The SMILES string of the molecule is Brc1ccc(N2CCCC2)cc1.CC.CC.CC.CC1(C)OB(c2ccc(N3CCCC3)cc2)OC1(C)C.Nc1ccc(Br)cc1. The first kappa shape index (κ1) is 42.0. The Balaban J connectivity index is 0.000000347. The zero-order valence-corrected chi connectivity index (χ0v) is 33.4. The van der Waals surface area contributed by atoms with Crippen LogP contribution >= 0.6 is 31.9 Å². The summed E-state index contributed by atoms with van der Waals surface area (Å²) in [6.07, 6.45) is 5.30. The molecule has 3 aromatic carbocycles. The van der Waals surface area contributed by atoms with Gasteiger partial charge in [0.1, 0.15) is 0 Å². The minimum atomic E-state index is -0.273. The van der Waals surface area contributed by atoms with Crippen LogP contribution in [0.2, 0.25) is 0 Å². The van der Waals surface area contributed by atoms with E-state index in [-0.39, 0.29) is 18.3 Å². The molecular weight excluding hydrogens is 701 g/mol. The maximum atomic E-state index is 6.08. The van der Waals surface area contributed by atoms with Crippen molar-refractivity contribution in [2.45, 2.75) is 106 Å². The van der Waals surface area contributed by atoms with Crippen molar-refractivity contribution in [2.24, 2.45) is 0 Å². The van der Waals surface area contributed by atoms with E-state index in [0.717, 1.165) is 20.1 Å². The van der Waals surface area contributed by atoms with Gasteiger partial charge in [0.25, 0.3) is 0 Å². The Bertz CT molecular complexity index is 1160. The van der Waals surface area contributed by atoms with Gasteiger partial charge in [0, 0.05) is 52.2 Å². The monoisotopic (exact) mass is 759 g/mol. The van der Waals surface area contributed by atoms with Gasteiger partial charge >= 0.3 is 7.12 Å². The van der Waals surface area contributed by atoms with Crippen LogP contribution in [-0.4, -0.2) is 44.5 Å². The van der Waals surface area contributed by atoms with E-state index >= 15 is 0 Å². The van der Waals surface area contributed by atoms with Crippen molar-refractivity contribution in [1.29, 1.82) is 0 Å². The third-order valence-corrected chi connectivity index (χ3v) is 9.11. The van der Waals surface area contributed by atoms with Crippen LogP contribution in [0.1, 0.15) is 94.9 Å². The Morgan fingerprint density at radius 1 is 0.543 bits per heavy atom. The van der Waals surface area contributed by atoms with Gasteiger partial charge in [-0.1, -0.05) is 85.5 Å². The Labute approximate surface area is 299 Å². The Kier molecular flexibility index (Phi) is 19.9. The van der Waals surface area contributed by atoms with Crippen molar-refractivity contribution in [3.63, 3.8) is 0 Å². The van der Waals surface area contributed by atoms with Gasteiger partial charge < -0.3 is 24.8 Å². The molecule has 0 radical (unpaired) electrons. The highest BCUT2D eigenvalue weighted by molar-refractivity contribution is 9.10. The highest BCUT2D eigenvalue weighted by Crippen LogP contribution is 2.36. The second-order valence-electron chi connectivity index (χ2n) is 11.6. The van der Waals surface area contributed by atoms with E-state index in [1.165, 1.54) is 63.2 Å². The molecule has 0 unspecified atom stereocenters. The number of nitrogens with zero attached hydrogens (tertiary/aromatic N) is 2. The van der Waals surface area contributed by atoms with Crippen LogP contribution in [-0.2, 0) is 9.31 Å². The third kappa shape index (κ3) is 13.3. The number of benzene rings is 3. The quantitative estimate of drug-likeness (QED) is 0.213. The maximum Gasteiger partial charge on any atom is 0.494 e. The van der Waals surface area contributed by atoms with Crippen LogP contribution in [0.15, 0.2) is 81.7 Å². The zero-order chi connectivity index (χ0) is 34.8. The van der Waals surface area contributed by atoms with E-state index in [1.807, 2.05) is 65.8 Å². The molecular formula is C38H60BBr2N3O2. The largest absolute Gasteiger partial charge is 0.494 e. The highest BCUT2D eigenvalue weighted by Gasteiger charge is 2.51. The molecule has 0 atom stereocenters. The summed E-state index contributed by atoms with van der Waals surface area (Å²) in [6.45, 7) is 25.2. The van der Waals surface area contributed by atoms with Crippen molar-refractivity contribution in [3.8, 4) is 0 Å². The molecule has 0 spiro atoms. The summed E-state index contributed by atoms with van der Waals surface area (Å²) in [4.78, 5) is 4.88. The second-order valence-corrected chi connectivity index (χ2v) is 13.4. The molecule has 0 bridgehead atoms. The molecule has 0 amide bonds. The zero-order valence-electron chi connectivity index (χ0n) is 30.2. The summed E-state index contributed by atoms with van der Waals surface area (Å²) >= 11 is 6.73. The van der Waals surface area contributed by atoms with E-state index in [9.17, 15) is 0 Å². The maximum absolute atomic E-state index is 6.08. The van der Waals surface area contributed by atoms with Crippen LogP contribution in [0.4, 0.5) is 17.1 Å². The molecule has 6 rings (SSSR count). The minimum Gasteiger partial charge on any atom is -0.399 e. The highest BCUT2D eigenvalue weighted by atomic mass is 79.9. The van der Waals surface area contributed by atoms with Gasteiger partial charge in [-0.15, -0.1) is 0 Å². The van der Waals surface area contributed by atoms with Crippen LogP contribution in [0.5, 0.6) is 0 Å². The summed E-state index contributed by atoms with van der Waals surface area (Å²) in [5.74, 6) is 0. The fourth-order valence-electron chi connectivity index (χ4n) is 4.89. The van der Waals surface area contributed by atoms with Crippen LogP contribution < -0.4 is 21.0 Å². The van der Waals surface area contributed by atoms with Crippen LogP contribution in [0.25, 0.3) is 0 Å². The second kappa shape index (κ2) is 21.8. The molecule has 46 heavy (non-hydrogen) atoms. The predicted octanol–water partition coefficient (Wildman–Crippen LogP) is 10.7. The number of anilines is 3. The van der Waals surface area contributed by atoms with Gasteiger partial charge in [0.15, 0.2) is 0 Å². The molecule has 3 aromatic rings. The predicted molar refractivity (Wildman–Crippen MR) is 212 cm³/mol. The number of hydrogen-bond donors (Lipinski definition) is 1. The molecule has 2 N–H and O–H groups in total. The van der Waals surface area contributed by atoms with Crippen LogP contribution in [0.3, 0.4) is 0 Å². The van der Waals surface area contributed by atoms with Crippen molar-refractivity contribution >= 4 is 61.5 Å². The molecule has 3 saturated heterocycles. The minimum absolute atomic E-state index is 0.257. The van der Waals surface area contributed by atoms with Crippen molar-refractivity contribution in [2.75, 3.05) is 41.7 Å². The lowest BCUT2D eigenvalue weighted by molar-refractivity contribution is 0.00578. The average molecular weight is 762 g/mol. The number of nitrogen functional groups attached to an aromatic ring is 1. The molecule has 8 heteroatoms. The molecule has 3 aliphatic rings. The lowest BCUT2D eigenvalue weighted by Gasteiger charge is -2.32. The first-order chi connectivity index (χ1) is 22.0. The number of rotatable bonds is 3. The average Bonchev–Trinajstić information content (AvgIpc) is 3.85. The standard InChI is InChI=1S/C16H24BNO2.C10H12BrN.C6H6BrN.3C2H6/c1-15(2)16(3,4)20-17(19-15)13-7-9-14(10-8-13)18-11-5-6-12-18;11-9-3-5-10(6-4-9)12-7-1-2-8-12;7-5-1-3-6(8)4-2-5;3*1-2/h7-10H,5-6,11-12H2,1-4H3;3-6H,1-2,7-8H2;1-4H,8H2;3*1-2H3. The van der Waals surface area contributed by atoms with E-state index < -0.39 is 0 Å². The molecule has 3 aliphatic heterocycles. The molecule has 0 saturated carbocycles. The van der Waals surface area contributed by atoms with E-state index in [1.54, 1.807) is 0 Å². The van der Waals surface area contributed by atoms with E-state index in [4.69, 9.17) is 15.0 Å².